The van der Waals surface area contributed by atoms with Crippen LogP contribution in [0.2, 0.25) is 0 Å². The largest absolute Gasteiger partial charge is 0.388 e. The molecule has 0 aromatic heterocycles. The normalized spacial score (nSPS) is 31.4. The summed E-state index contributed by atoms with van der Waals surface area (Å²) in [5.41, 5.74) is 4.12. The van der Waals surface area contributed by atoms with Gasteiger partial charge in [0.1, 0.15) is 0 Å². The Morgan fingerprint density at radius 1 is 1.41 bits per heavy atom. The van der Waals surface area contributed by atoms with Crippen LogP contribution >= 0.6 is 0 Å². The van der Waals surface area contributed by atoms with Crippen molar-refractivity contribution in [2.24, 2.45) is 0 Å². The number of benzene rings is 1. The summed E-state index contributed by atoms with van der Waals surface area (Å²) in [6.45, 7) is 6.52. The smallest absolute Gasteiger partial charge is 0.0802 e. The van der Waals surface area contributed by atoms with Gasteiger partial charge in [0, 0.05) is 12.0 Å². The second kappa shape index (κ2) is 3.82. The van der Waals surface area contributed by atoms with E-state index in [9.17, 15) is 5.11 Å². The van der Waals surface area contributed by atoms with Gasteiger partial charge in [0.2, 0.25) is 0 Å². The van der Waals surface area contributed by atoms with Crippen molar-refractivity contribution in [3.05, 3.63) is 34.9 Å². The zero-order valence-electron chi connectivity index (χ0n) is 10.7. The zero-order chi connectivity index (χ0) is 12.0. The summed E-state index contributed by atoms with van der Waals surface area (Å²) in [4.78, 5) is 0. The minimum absolute atomic E-state index is 0.213. The molecule has 1 saturated heterocycles. The van der Waals surface area contributed by atoms with Crippen molar-refractivity contribution in [2.75, 3.05) is 13.1 Å². The maximum Gasteiger partial charge on any atom is 0.0802 e. The van der Waals surface area contributed by atoms with Gasteiger partial charge >= 0.3 is 0 Å². The first kappa shape index (κ1) is 11.2. The average Bonchev–Trinajstić information content (AvgIpc) is 2.87. The highest BCUT2D eigenvalue weighted by Crippen LogP contribution is 2.48. The number of hydrogen-bond acceptors (Lipinski definition) is 2. The van der Waals surface area contributed by atoms with E-state index >= 15 is 0 Å². The van der Waals surface area contributed by atoms with E-state index < -0.39 is 0 Å². The van der Waals surface area contributed by atoms with Crippen LogP contribution in [0.5, 0.6) is 0 Å². The Labute approximate surface area is 103 Å². The Hall–Kier alpha value is -0.860. The first-order valence-corrected chi connectivity index (χ1v) is 6.65. The van der Waals surface area contributed by atoms with Crippen molar-refractivity contribution >= 4 is 0 Å². The molecule has 92 valence electrons. The molecule has 0 amide bonds. The molecule has 2 nitrogen and oxygen atoms in total. The third-order valence-corrected chi connectivity index (χ3v) is 4.50. The Balaban J connectivity index is 2.07. The summed E-state index contributed by atoms with van der Waals surface area (Å²) in [5.74, 6) is 0.533. The monoisotopic (exact) mass is 231 g/mol. The van der Waals surface area contributed by atoms with Crippen molar-refractivity contribution in [1.82, 2.24) is 5.32 Å². The summed E-state index contributed by atoms with van der Waals surface area (Å²) < 4.78 is 0. The van der Waals surface area contributed by atoms with E-state index in [4.69, 9.17) is 0 Å². The fraction of sp³-hybridized carbons (Fsp3) is 0.600. The topological polar surface area (TPSA) is 32.3 Å². The number of rotatable bonds is 1. The first-order valence-electron chi connectivity index (χ1n) is 6.65. The Kier molecular flexibility index (Phi) is 2.53. The van der Waals surface area contributed by atoms with Gasteiger partial charge in [-0.25, -0.2) is 0 Å². The van der Waals surface area contributed by atoms with Crippen LogP contribution in [0.25, 0.3) is 0 Å². The molecule has 1 aliphatic heterocycles. The highest BCUT2D eigenvalue weighted by molar-refractivity contribution is 5.45. The maximum atomic E-state index is 10.3. The molecule has 1 heterocycles. The fourth-order valence-corrected chi connectivity index (χ4v) is 3.44. The van der Waals surface area contributed by atoms with Gasteiger partial charge in [0.05, 0.1) is 6.10 Å². The molecule has 1 aromatic carbocycles. The molecule has 1 fully saturated rings. The molecule has 2 heteroatoms. The molecular weight excluding hydrogens is 210 g/mol. The maximum absolute atomic E-state index is 10.3. The molecule has 1 aliphatic carbocycles. The standard InChI is InChI=1S/C15H21NO/c1-10(2)11-3-4-13-12(7-11)14(17)8-15(13)5-6-16-9-15/h3-4,7,10,14,16-17H,5-6,8-9H2,1-2H3. The van der Waals surface area contributed by atoms with Crippen LogP contribution in [0.4, 0.5) is 0 Å². The highest BCUT2D eigenvalue weighted by atomic mass is 16.3. The van der Waals surface area contributed by atoms with Crippen molar-refractivity contribution in [3.63, 3.8) is 0 Å². The molecule has 2 atom stereocenters. The Bertz CT molecular complexity index is 433. The minimum Gasteiger partial charge on any atom is -0.388 e. The van der Waals surface area contributed by atoms with Crippen LogP contribution in [0.1, 0.15) is 55.4 Å². The summed E-state index contributed by atoms with van der Waals surface area (Å²) in [5, 5.41) is 13.7. The van der Waals surface area contributed by atoms with E-state index in [2.05, 4.69) is 37.4 Å². The summed E-state index contributed by atoms with van der Waals surface area (Å²) in [6, 6.07) is 6.72. The van der Waals surface area contributed by atoms with E-state index in [-0.39, 0.29) is 11.5 Å². The molecule has 0 saturated carbocycles. The van der Waals surface area contributed by atoms with Gasteiger partial charge in [-0.3, -0.25) is 0 Å². The highest BCUT2D eigenvalue weighted by Gasteiger charge is 2.44. The number of nitrogens with one attached hydrogen (secondary N) is 1. The molecule has 3 rings (SSSR count). The van der Waals surface area contributed by atoms with Gasteiger partial charge in [0.15, 0.2) is 0 Å². The lowest BCUT2D eigenvalue weighted by atomic mass is 9.80. The molecule has 2 unspecified atom stereocenters. The van der Waals surface area contributed by atoms with E-state index in [1.54, 1.807) is 0 Å². The SMILES string of the molecule is CC(C)c1ccc2c(c1)C(O)CC21CCNC1. The summed E-state index contributed by atoms with van der Waals surface area (Å²) >= 11 is 0. The van der Waals surface area contributed by atoms with Gasteiger partial charge in [-0.2, -0.15) is 0 Å². The van der Waals surface area contributed by atoms with E-state index in [1.165, 1.54) is 16.7 Å². The van der Waals surface area contributed by atoms with Crippen molar-refractivity contribution < 1.29 is 5.11 Å². The average molecular weight is 231 g/mol. The molecular formula is C15H21NO. The summed E-state index contributed by atoms with van der Waals surface area (Å²) in [7, 11) is 0. The molecule has 2 aliphatic rings. The number of fused-ring (bicyclic) bond motifs is 2. The molecule has 2 N–H and O–H groups in total. The fourth-order valence-electron chi connectivity index (χ4n) is 3.44. The van der Waals surface area contributed by atoms with Crippen LogP contribution in [0.3, 0.4) is 0 Å². The van der Waals surface area contributed by atoms with Crippen molar-refractivity contribution in [3.8, 4) is 0 Å². The molecule has 17 heavy (non-hydrogen) atoms. The Morgan fingerprint density at radius 3 is 2.88 bits per heavy atom. The molecule has 1 spiro atoms. The van der Waals surface area contributed by atoms with E-state index in [1.807, 2.05) is 0 Å². The first-order chi connectivity index (χ1) is 8.12. The zero-order valence-corrected chi connectivity index (χ0v) is 10.7. The number of aliphatic hydroxyl groups is 1. The van der Waals surface area contributed by atoms with Gasteiger partial charge < -0.3 is 10.4 Å². The van der Waals surface area contributed by atoms with Crippen LogP contribution in [0.15, 0.2) is 18.2 Å². The molecule has 0 bridgehead atoms. The Morgan fingerprint density at radius 2 is 2.24 bits per heavy atom. The van der Waals surface area contributed by atoms with Gasteiger partial charge in [-0.15, -0.1) is 0 Å². The number of hydrogen-bond donors (Lipinski definition) is 2. The predicted octanol–water partition coefficient (Wildman–Crippen LogP) is 2.48. The van der Waals surface area contributed by atoms with Crippen LogP contribution in [-0.4, -0.2) is 18.2 Å². The van der Waals surface area contributed by atoms with Gasteiger partial charge in [-0.1, -0.05) is 32.0 Å². The second-order valence-electron chi connectivity index (χ2n) is 5.93. The molecule has 1 aromatic rings. The lowest BCUT2D eigenvalue weighted by Gasteiger charge is -2.23. The number of aliphatic hydroxyl groups excluding tert-OH is 1. The molecule has 0 radical (unpaired) electrons. The van der Waals surface area contributed by atoms with Gasteiger partial charge in [-0.05, 0) is 42.0 Å². The van der Waals surface area contributed by atoms with E-state index in [0.29, 0.717) is 5.92 Å². The van der Waals surface area contributed by atoms with Crippen LogP contribution < -0.4 is 5.32 Å². The van der Waals surface area contributed by atoms with Crippen LogP contribution in [-0.2, 0) is 5.41 Å². The van der Waals surface area contributed by atoms with Crippen LogP contribution in [0, 0.1) is 0 Å². The lowest BCUT2D eigenvalue weighted by Crippen LogP contribution is -2.26. The minimum atomic E-state index is -0.261. The van der Waals surface area contributed by atoms with Crippen molar-refractivity contribution in [2.45, 2.75) is 44.1 Å². The predicted molar refractivity (Wildman–Crippen MR) is 69.3 cm³/mol. The third-order valence-electron chi connectivity index (χ3n) is 4.50. The van der Waals surface area contributed by atoms with Crippen molar-refractivity contribution in [1.29, 1.82) is 0 Å². The lowest BCUT2D eigenvalue weighted by molar-refractivity contribution is 0.158. The quantitative estimate of drug-likeness (QED) is 0.778. The summed E-state index contributed by atoms with van der Waals surface area (Å²) in [6.07, 6.45) is 1.80. The second-order valence-corrected chi connectivity index (χ2v) is 5.93. The van der Waals surface area contributed by atoms with E-state index in [0.717, 1.165) is 25.9 Å². The third kappa shape index (κ3) is 1.62. The van der Waals surface area contributed by atoms with Gasteiger partial charge in [0.25, 0.3) is 0 Å².